The fourth-order valence-corrected chi connectivity index (χ4v) is 5.04. The molecule has 4 rings (SSSR count). The minimum atomic E-state index is -0.240. The van der Waals surface area contributed by atoms with Crippen molar-refractivity contribution in [3.8, 4) is 11.6 Å². The van der Waals surface area contributed by atoms with Crippen LogP contribution in [-0.4, -0.2) is 50.7 Å². The number of thiazole rings is 1. The van der Waals surface area contributed by atoms with E-state index in [4.69, 9.17) is 10.5 Å². The Bertz CT molecular complexity index is 1020. The summed E-state index contributed by atoms with van der Waals surface area (Å²) in [5.74, 6) is 1.24. The number of ether oxygens (including phenoxy) is 1. The Morgan fingerprint density at radius 2 is 2.17 bits per heavy atom. The van der Waals surface area contributed by atoms with Crippen LogP contribution in [-0.2, 0) is 11.2 Å². The summed E-state index contributed by atoms with van der Waals surface area (Å²) in [5.41, 5.74) is 6.52. The lowest BCUT2D eigenvalue weighted by Gasteiger charge is -2.36. The van der Waals surface area contributed by atoms with Gasteiger partial charge in [-0.2, -0.15) is 4.52 Å². The number of nitrogens with zero attached hydrogens (tertiary/aromatic N) is 4. The van der Waals surface area contributed by atoms with Gasteiger partial charge in [-0.1, -0.05) is 30.4 Å². The lowest BCUT2D eigenvalue weighted by Crippen LogP contribution is -2.40. The van der Waals surface area contributed by atoms with Gasteiger partial charge in [0.1, 0.15) is 5.75 Å². The molecule has 3 aromatic rings. The Labute approximate surface area is 172 Å². The largest absolute Gasteiger partial charge is 0.497 e. The van der Waals surface area contributed by atoms with E-state index in [-0.39, 0.29) is 23.7 Å². The molecule has 0 spiro atoms. The van der Waals surface area contributed by atoms with Crippen LogP contribution in [0.1, 0.15) is 42.1 Å². The first-order valence-electron chi connectivity index (χ1n) is 9.76. The minimum absolute atomic E-state index is 0.0970. The number of hydrogen-bond acceptors (Lipinski definition) is 7. The third-order valence-corrected chi connectivity index (χ3v) is 6.59. The zero-order chi connectivity index (χ0) is 20.5. The second-order valence-electron chi connectivity index (χ2n) is 7.26. The summed E-state index contributed by atoms with van der Waals surface area (Å²) in [5, 5.41) is 15.4. The molecule has 1 unspecified atom stereocenters. The first-order valence-corrected chi connectivity index (χ1v) is 10.6. The number of hydrogen-bond donors (Lipinski definition) is 2. The van der Waals surface area contributed by atoms with E-state index in [9.17, 15) is 9.90 Å². The normalized spacial score (nSPS) is 16.9. The van der Waals surface area contributed by atoms with Gasteiger partial charge in [-0.05, 0) is 43.6 Å². The molecule has 9 heteroatoms. The van der Waals surface area contributed by atoms with Crippen LogP contribution in [0.2, 0.25) is 0 Å². The number of aromatic nitrogens is 3. The van der Waals surface area contributed by atoms with Crippen LogP contribution in [0.4, 0.5) is 0 Å². The van der Waals surface area contributed by atoms with Crippen molar-refractivity contribution in [2.24, 2.45) is 11.7 Å². The molecule has 2 aromatic heterocycles. The summed E-state index contributed by atoms with van der Waals surface area (Å²) in [7, 11) is 1.64. The second kappa shape index (κ2) is 8.00. The first kappa shape index (κ1) is 19.7. The minimum Gasteiger partial charge on any atom is -0.497 e. The molecule has 0 bridgehead atoms. The predicted molar refractivity (Wildman–Crippen MR) is 110 cm³/mol. The maximum absolute atomic E-state index is 11.6. The van der Waals surface area contributed by atoms with E-state index in [1.807, 2.05) is 31.2 Å². The van der Waals surface area contributed by atoms with Crippen molar-refractivity contribution >= 4 is 22.2 Å². The Morgan fingerprint density at radius 1 is 1.41 bits per heavy atom. The summed E-state index contributed by atoms with van der Waals surface area (Å²) in [6.07, 6.45) is 2.12. The van der Waals surface area contributed by atoms with Crippen molar-refractivity contribution in [2.45, 2.75) is 32.2 Å². The van der Waals surface area contributed by atoms with E-state index in [1.165, 1.54) is 15.9 Å². The van der Waals surface area contributed by atoms with Gasteiger partial charge in [-0.3, -0.25) is 9.69 Å². The van der Waals surface area contributed by atoms with Crippen LogP contribution >= 0.6 is 11.3 Å². The van der Waals surface area contributed by atoms with Crippen LogP contribution in [0.15, 0.2) is 24.3 Å². The summed E-state index contributed by atoms with van der Waals surface area (Å²) < 4.78 is 6.93. The number of aryl methyl sites for hydroxylation is 1. The van der Waals surface area contributed by atoms with E-state index >= 15 is 0 Å². The molecule has 3 heterocycles. The molecular formula is C20H25N5O3S. The molecule has 0 radical (unpaired) electrons. The third-order valence-electron chi connectivity index (χ3n) is 5.51. The number of rotatable bonds is 6. The number of likely N-dealkylation sites (tertiary alicyclic amines) is 1. The first-order chi connectivity index (χ1) is 14.0. The Kier molecular flexibility index (Phi) is 5.42. The number of methoxy groups -OCH3 is 1. The molecule has 1 fully saturated rings. The van der Waals surface area contributed by atoms with Gasteiger partial charge >= 0.3 is 0 Å². The highest BCUT2D eigenvalue weighted by Gasteiger charge is 2.33. The van der Waals surface area contributed by atoms with E-state index in [0.29, 0.717) is 43.1 Å². The van der Waals surface area contributed by atoms with Crippen molar-refractivity contribution in [2.75, 3.05) is 20.2 Å². The molecule has 1 saturated heterocycles. The fourth-order valence-electron chi connectivity index (χ4n) is 3.90. The van der Waals surface area contributed by atoms with Gasteiger partial charge in [0.05, 0.1) is 18.0 Å². The lowest BCUT2D eigenvalue weighted by molar-refractivity contribution is -0.123. The van der Waals surface area contributed by atoms with Crippen molar-refractivity contribution in [1.82, 2.24) is 19.5 Å². The smallest absolute Gasteiger partial charge is 0.230 e. The van der Waals surface area contributed by atoms with Gasteiger partial charge < -0.3 is 15.6 Å². The molecule has 1 amide bonds. The molecule has 1 atom stereocenters. The van der Waals surface area contributed by atoms with Gasteiger partial charge in [0, 0.05) is 12.3 Å². The number of benzene rings is 1. The standard InChI is InChI=1S/C20H25N5O3S/c1-3-15-22-20-25(23-15)19(27)17(29-20)16(13-5-4-6-14(11-13)28-2)24-9-7-12(8-10-24)18(21)26/h4-6,11-12,16,27H,3,7-10H2,1-2H3,(H2,21,26). The third kappa shape index (κ3) is 3.67. The average molecular weight is 416 g/mol. The maximum Gasteiger partial charge on any atom is 0.230 e. The monoisotopic (exact) mass is 415 g/mol. The summed E-state index contributed by atoms with van der Waals surface area (Å²) in [6.45, 7) is 3.41. The van der Waals surface area contributed by atoms with Crippen LogP contribution < -0.4 is 10.5 Å². The Hall–Kier alpha value is -2.65. The molecule has 3 N–H and O–H groups in total. The highest BCUT2D eigenvalue weighted by atomic mass is 32.1. The molecular weight excluding hydrogens is 390 g/mol. The number of nitrogens with two attached hydrogens (primary N) is 1. The Balaban J connectivity index is 1.75. The molecule has 0 aliphatic carbocycles. The van der Waals surface area contributed by atoms with Crippen molar-refractivity contribution in [3.05, 3.63) is 40.5 Å². The van der Waals surface area contributed by atoms with Gasteiger partial charge in [-0.15, -0.1) is 5.10 Å². The molecule has 154 valence electrons. The number of aromatic hydroxyl groups is 1. The van der Waals surface area contributed by atoms with Crippen LogP contribution in [0.5, 0.6) is 11.6 Å². The number of fused-ring (bicyclic) bond motifs is 1. The lowest BCUT2D eigenvalue weighted by atomic mass is 9.93. The van der Waals surface area contributed by atoms with Crippen LogP contribution in [0.3, 0.4) is 0 Å². The van der Waals surface area contributed by atoms with Gasteiger partial charge in [0.15, 0.2) is 5.82 Å². The van der Waals surface area contributed by atoms with Gasteiger partial charge in [0.25, 0.3) is 0 Å². The number of carbonyl (C=O) groups excluding carboxylic acids is 1. The number of carbonyl (C=O) groups is 1. The SMILES string of the molecule is CCc1nc2sc(C(c3cccc(OC)c3)N3CCC(C(N)=O)CC3)c(O)n2n1. The number of primary amides is 1. The van der Waals surface area contributed by atoms with Crippen LogP contribution in [0, 0.1) is 5.92 Å². The average Bonchev–Trinajstić information content (AvgIpc) is 3.28. The molecule has 29 heavy (non-hydrogen) atoms. The maximum atomic E-state index is 11.6. The van der Waals surface area contributed by atoms with E-state index in [1.54, 1.807) is 7.11 Å². The fraction of sp³-hybridized carbons (Fsp3) is 0.450. The second-order valence-corrected chi connectivity index (χ2v) is 8.27. The molecule has 8 nitrogen and oxygen atoms in total. The zero-order valence-corrected chi connectivity index (χ0v) is 17.4. The van der Waals surface area contributed by atoms with Crippen molar-refractivity contribution in [1.29, 1.82) is 0 Å². The van der Waals surface area contributed by atoms with Crippen molar-refractivity contribution < 1.29 is 14.6 Å². The highest BCUT2D eigenvalue weighted by molar-refractivity contribution is 7.17. The molecule has 1 aliphatic rings. The topological polar surface area (TPSA) is 106 Å². The van der Waals surface area contributed by atoms with Gasteiger partial charge in [0.2, 0.25) is 16.7 Å². The summed E-state index contributed by atoms with van der Waals surface area (Å²) in [4.78, 5) is 19.8. The molecule has 1 aromatic carbocycles. The molecule has 1 aliphatic heterocycles. The summed E-state index contributed by atoms with van der Waals surface area (Å²) in [6, 6.07) is 7.67. The van der Waals surface area contributed by atoms with E-state index < -0.39 is 0 Å². The van der Waals surface area contributed by atoms with Crippen LogP contribution in [0.25, 0.3) is 4.96 Å². The number of piperidine rings is 1. The van der Waals surface area contributed by atoms with Gasteiger partial charge in [-0.25, -0.2) is 4.98 Å². The quantitative estimate of drug-likeness (QED) is 0.640. The van der Waals surface area contributed by atoms with Crippen molar-refractivity contribution in [3.63, 3.8) is 0 Å². The molecule has 0 saturated carbocycles. The highest BCUT2D eigenvalue weighted by Crippen LogP contribution is 2.41. The Morgan fingerprint density at radius 3 is 2.79 bits per heavy atom. The summed E-state index contributed by atoms with van der Waals surface area (Å²) >= 11 is 1.44. The van der Waals surface area contributed by atoms with E-state index in [2.05, 4.69) is 15.0 Å². The zero-order valence-electron chi connectivity index (χ0n) is 16.5. The number of amides is 1. The predicted octanol–water partition coefficient (Wildman–Crippen LogP) is 2.35. The van der Waals surface area contributed by atoms with E-state index in [0.717, 1.165) is 16.2 Å².